The molecule has 0 aliphatic carbocycles. The molecule has 45 heavy (non-hydrogen) atoms. The zero-order chi connectivity index (χ0) is 31.2. The Hall–Kier alpha value is -5.20. The highest BCUT2D eigenvalue weighted by atomic mass is 16.5. The predicted molar refractivity (Wildman–Crippen MR) is 186 cm³/mol. The second-order valence-electron chi connectivity index (χ2n) is 10.9. The maximum Gasteiger partial charge on any atom is 0.162 e. The van der Waals surface area contributed by atoms with Crippen LogP contribution in [0.5, 0.6) is 11.5 Å². The lowest BCUT2D eigenvalue weighted by molar-refractivity contribution is 0.296. The van der Waals surface area contributed by atoms with Crippen molar-refractivity contribution in [3.05, 3.63) is 132 Å². The number of methoxy groups -OCH3 is 2. The first-order chi connectivity index (χ1) is 22.1. The van der Waals surface area contributed by atoms with Crippen molar-refractivity contribution in [2.45, 2.75) is 20.4 Å². The molecule has 5 aromatic rings. The molecule has 2 heterocycles. The number of ether oxygens (including phenoxy) is 2. The van der Waals surface area contributed by atoms with Crippen molar-refractivity contribution in [3.8, 4) is 33.9 Å². The molecule has 0 saturated heterocycles. The monoisotopic (exact) mass is 594 g/mol. The molecule has 6 nitrogen and oxygen atoms in total. The van der Waals surface area contributed by atoms with Crippen LogP contribution in [0.2, 0.25) is 0 Å². The zero-order valence-electron chi connectivity index (χ0n) is 26.2. The Labute approximate surface area is 265 Å². The van der Waals surface area contributed by atoms with E-state index in [4.69, 9.17) is 19.5 Å². The van der Waals surface area contributed by atoms with E-state index in [9.17, 15) is 0 Å². The summed E-state index contributed by atoms with van der Waals surface area (Å²) in [5.41, 5.74) is 9.33. The Balaban J connectivity index is 1.45. The van der Waals surface area contributed by atoms with Crippen LogP contribution in [0.3, 0.4) is 0 Å². The Kier molecular flexibility index (Phi) is 9.04. The van der Waals surface area contributed by atoms with Gasteiger partial charge in [0.15, 0.2) is 5.84 Å². The van der Waals surface area contributed by atoms with Crippen molar-refractivity contribution in [1.29, 1.82) is 0 Å². The maximum absolute atomic E-state index is 5.40. The van der Waals surface area contributed by atoms with Crippen molar-refractivity contribution < 1.29 is 9.47 Å². The molecule has 226 valence electrons. The Morgan fingerprint density at radius 2 is 1.29 bits per heavy atom. The van der Waals surface area contributed by atoms with Crippen LogP contribution < -0.4 is 9.47 Å². The summed E-state index contributed by atoms with van der Waals surface area (Å²) in [5, 5.41) is 0. The molecule has 0 radical (unpaired) electrons. The molecule has 0 bridgehead atoms. The summed E-state index contributed by atoms with van der Waals surface area (Å²) >= 11 is 0. The number of rotatable bonds is 11. The van der Waals surface area contributed by atoms with Crippen molar-refractivity contribution in [2.24, 2.45) is 9.98 Å². The van der Waals surface area contributed by atoms with Crippen LogP contribution >= 0.6 is 0 Å². The number of aromatic amines is 1. The molecular formula is C39H38N4O2. The number of H-pyrrole nitrogens is 1. The average molecular weight is 595 g/mol. The molecule has 6 rings (SSSR count). The van der Waals surface area contributed by atoms with E-state index in [0.29, 0.717) is 5.84 Å². The molecule has 4 aromatic carbocycles. The van der Waals surface area contributed by atoms with E-state index in [-0.39, 0.29) is 0 Å². The second-order valence-corrected chi connectivity index (χ2v) is 10.9. The smallest absolute Gasteiger partial charge is 0.162 e. The highest BCUT2D eigenvalue weighted by molar-refractivity contribution is 6.38. The fourth-order valence-electron chi connectivity index (χ4n) is 5.51. The maximum atomic E-state index is 5.40. The van der Waals surface area contributed by atoms with Gasteiger partial charge in [-0.15, -0.1) is 0 Å². The summed E-state index contributed by atoms with van der Waals surface area (Å²) < 4.78 is 10.8. The zero-order valence-corrected chi connectivity index (χ0v) is 26.2. The second kappa shape index (κ2) is 13.6. The third-order valence-corrected chi connectivity index (χ3v) is 8.20. The normalized spacial score (nSPS) is 13.7. The molecule has 0 unspecified atom stereocenters. The third kappa shape index (κ3) is 6.66. The van der Waals surface area contributed by atoms with Crippen molar-refractivity contribution in [3.63, 3.8) is 0 Å². The minimum absolute atomic E-state index is 0.662. The molecular weight excluding hydrogens is 556 g/mol. The van der Waals surface area contributed by atoms with Crippen LogP contribution in [0.1, 0.15) is 30.5 Å². The van der Waals surface area contributed by atoms with Gasteiger partial charge in [-0.05, 0) is 96.0 Å². The number of amidine groups is 1. The Bertz CT molecular complexity index is 1830. The fraction of sp³-hybridized carbons (Fsp3) is 0.179. The first kappa shape index (κ1) is 29.9. The van der Waals surface area contributed by atoms with Gasteiger partial charge in [-0.25, -0.2) is 9.98 Å². The summed E-state index contributed by atoms with van der Waals surface area (Å²) in [6, 6.07) is 37.3. The van der Waals surface area contributed by atoms with Gasteiger partial charge in [-0.3, -0.25) is 4.90 Å². The minimum Gasteiger partial charge on any atom is -0.497 e. The van der Waals surface area contributed by atoms with Crippen LogP contribution in [-0.2, 0) is 6.54 Å². The van der Waals surface area contributed by atoms with Crippen molar-refractivity contribution >= 4 is 22.9 Å². The molecule has 1 N–H and O–H groups in total. The summed E-state index contributed by atoms with van der Waals surface area (Å²) in [5.74, 6) is 3.05. The van der Waals surface area contributed by atoms with Crippen LogP contribution in [0, 0.1) is 0 Å². The van der Waals surface area contributed by atoms with Gasteiger partial charge in [0.1, 0.15) is 17.3 Å². The van der Waals surface area contributed by atoms with Gasteiger partial charge in [0.25, 0.3) is 0 Å². The highest BCUT2D eigenvalue weighted by Gasteiger charge is 2.21. The minimum atomic E-state index is 0.662. The Morgan fingerprint density at radius 3 is 1.89 bits per heavy atom. The first-order valence-electron chi connectivity index (χ1n) is 15.4. The van der Waals surface area contributed by atoms with Crippen LogP contribution in [0.25, 0.3) is 28.0 Å². The highest BCUT2D eigenvalue weighted by Crippen LogP contribution is 2.37. The number of aromatic nitrogens is 1. The molecule has 1 aromatic heterocycles. The predicted octanol–water partition coefficient (Wildman–Crippen LogP) is 8.82. The summed E-state index contributed by atoms with van der Waals surface area (Å²) in [4.78, 5) is 16.3. The third-order valence-electron chi connectivity index (χ3n) is 8.20. The average Bonchev–Trinajstić information content (AvgIpc) is 3.73. The van der Waals surface area contributed by atoms with Gasteiger partial charge in [-0.1, -0.05) is 68.4 Å². The van der Waals surface area contributed by atoms with Crippen LogP contribution in [0.15, 0.2) is 125 Å². The molecule has 1 aliphatic heterocycles. The van der Waals surface area contributed by atoms with E-state index in [1.165, 1.54) is 5.56 Å². The van der Waals surface area contributed by atoms with E-state index < -0.39 is 0 Å². The molecule has 0 amide bonds. The molecule has 0 spiro atoms. The summed E-state index contributed by atoms with van der Waals surface area (Å²) in [7, 11) is 3.35. The fourth-order valence-corrected chi connectivity index (χ4v) is 5.51. The van der Waals surface area contributed by atoms with Gasteiger partial charge in [0.2, 0.25) is 0 Å². The van der Waals surface area contributed by atoms with Crippen LogP contribution in [-0.4, -0.2) is 48.7 Å². The van der Waals surface area contributed by atoms with E-state index in [1.807, 2.05) is 54.6 Å². The number of benzene rings is 4. The summed E-state index contributed by atoms with van der Waals surface area (Å²) in [6.07, 6.45) is 2.12. The van der Waals surface area contributed by atoms with Crippen molar-refractivity contribution in [2.75, 3.05) is 27.3 Å². The first-order valence-corrected chi connectivity index (χ1v) is 15.4. The number of allylic oxidation sites excluding steroid dienone is 1. The van der Waals surface area contributed by atoms with E-state index in [0.717, 1.165) is 81.7 Å². The molecule has 6 heteroatoms. The quantitative estimate of drug-likeness (QED) is 0.166. The molecule has 1 aliphatic rings. The molecule has 0 saturated carbocycles. The SMILES string of the molecule is CCN(CC)Cc1ccc(-c2cc(-c3ccc(OC)cc3)[nH]c2/N=C2\N=C(c3ccc(OC)cc3)C=C2c2ccccc2)cc1. The van der Waals surface area contributed by atoms with Gasteiger partial charge < -0.3 is 14.5 Å². The lowest BCUT2D eigenvalue weighted by atomic mass is 10.0. The van der Waals surface area contributed by atoms with Gasteiger partial charge in [0, 0.05) is 28.9 Å². The van der Waals surface area contributed by atoms with E-state index >= 15 is 0 Å². The van der Waals surface area contributed by atoms with Gasteiger partial charge in [-0.2, -0.15) is 0 Å². The number of hydrogen-bond acceptors (Lipinski definition) is 4. The lowest BCUT2D eigenvalue weighted by Gasteiger charge is -2.18. The van der Waals surface area contributed by atoms with Gasteiger partial charge >= 0.3 is 0 Å². The topological polar surface area (TPSA) is 62.2 Å². The van der Waals surface area contributed by atoms with E-state index in [2.05, 4.69) is 84.4 Å². The number of nitrogens with one attached hydrogen (secondary N) is 1. The lowest BCUT2D eigenvalue weighted by Crippen LogP contribution is -2.21. The van der Waals surface area contributed by atoms with E-state index in [1.54, 1.807) is 14.2 Å². The molecule has 0 atom stereocenters. The standard InChI is InChI=1S/C39H38N4O2/c1-5-43(6-2)26-27-12-14-29(15-13-27)35-25-37(31-18-22-33(45-4)23-19-31)41-39(35)42-38-34(28-10-8-7-9-11-28)24-36(40-38)30-16-20-32(44-3)21-17-30/h7-25,41H,5-6,26H2,1-4H3/b42-38-. The number of aliphatic imine (C=N–C) groups is 2. The van der Waals surface area contributed by atoms with Crippen LogP contribution in [0.4, 0.5) is 5.82 Å². The van der Waals surface area contributed by atoms with Gasteiger partial charge in [0.05, 0.1) is 19.9 Å². The molecule has 0 fully saturated rings. The van der Waals surface area contributed by atoms with Crippen molar-refractivity contribution in [1.82, 2.24) is 9.88 Å². The number of nitrogens with zero attached hydrogens (tertiary/aromatic N) is 3. The number of hydrogen-bond donors (Lipinski definition) is 1. The largest absolute Gasteiger partial charge is 0.497 e. The summed E-state index contributed by atoms with van der Waals surface area (Å²) in [6.45, 7) is 7.39. The Morgan fingerprint density at radius 1 is 0.689 bits per heavy atom.